The van der Waals surface area contributed by atoms with Gasteiger partial charge in [0, 0.05) is 13.1 Å². The highest BCUT2D eigenvalue weighted by Crippen LogP contribution is 2.21. The maximum atomic E-state index is 11.4. The summed E-state index contributed by atoms with van der Waals surface area (Å²) >= 11 is 0. The van der Waals surface area contributed by atoms with Gasteiger partial charge < -0.3 is 15.8 Å². The molecule has 0 fully saturated rings. The van der Waals surface area contributed by atoms with E-state index in [1.165, 1.54) is 0 Å². The van der Waals surface area contributed by atoms with Crippen molar-refractivity contribution in [2.24, 2.45) is 5.73 Å². The highest BCUT2D eigenvalue weighted by Gasteiger charge is 2.15. The van der Waals surface area contributed by atoms with Crippen molar-refractivity contribution in [1.29, 1.82) is 0 Å². The fourth-order valence-electron chi connectivity index (χ4n) is 1.66. The minimum Gasteiger partial charge on any atom is -0.481 e. The van der Waals surface area contributed by atoms with Crippen molar-refractivity contribution in [2.45, 2.75) is 38.8 Å². The summed E-state index contributed by atoms with van der Waals surface area (Å²) in [6, 6.07) is 7.82. The molecule has 0 bridgehead atoms. The van der Waals surface area contributed by atoms with Gasteiger partial charge in [-0.25, -0.2) is 0 Å². The number of hydrogen-bond donors (Lipinski definition) is 2. The molecule has 1 aromatic rings. The van der Waals surface area contributed by atoms with E-state index in [1.807, 2.05) is 24.3 Å². The first-order valence-corrected chi connectivity index (χ1v) is 6.30. The Labute approximate surface area is 109 Å². The Balaban J connectivity index is 2.78. The molecule has 4 heteroatoms. The molecule has 0 radical (unpaired) electrons. The standard InChI is InChI=1S/C14H22N2O2/c1-4-12(15)9-11-7-5-6-8-13(11)18-10(2)14(17)16-3/h5-8,10,12H,4,9,15H2,1-3H3,(H,16,17). The number of likely N-dealkylation sites (N-methyl/N-ethyl adjacent to an activating group) is 1. The largest absolute Gasteiger partial charge is 0.481 e. The van der Waals surface area contributed by atoms with Gasteiger partial charge in [0.05, 0.1) is 0 Å². The van der Waals surface area contributed by atoms with Gasteiger partial charge in [0.25, 0.3) is 5.91 Å². The topological polar surface area (TPSA) is 64.3 Å². The summed E-state index contributed by atoms with van der Waals surface area (Å²) in [6.45, 7) is 3.79. The number of hydrogen-bond acceptors (Lipinski definition) is 3. The van der Waals surface area contributed by atoms with Crippen LogP contribution in [0.2, 0.25) is 0 Å². The van der Waals surface area contributed by atoms with Gasteiger partial charge in [-0.15, -0.1) is 0 Å². The number of carbonyl (C=O) groups is 1. The van der Waals surface area contributed by atoms with Crippen LogP contribution in [0.15, 0.2) is 24.3 Å². The molecule has 0 saturated heterocycles. The molecular formula is C14H22N2O2. The Morgan fingerprint density at radius 1 is 1.44 bits per heavy atom. The van der Waals surface area contributed by atoms with Crippen LogP contribution in [0.1, 0.15) is 25.8 Å². The van der Waals surface area contributed by atoms with Crippen LogP contribution in [0.5, 0.6) is 5.75 Å². The van der Waals surface area contributed by atoms with E-state index in [4.69, 9.17) is 10.5 Å². The van der Waals surface area contributed by atoms with Crippen molar-refractivity contribution in [3.8, 4) is 5.75 Å². The molecule has 0 aliphatic heterocycles. The molecule has 2 atom stereocenters. The Morgan fingerprint density at radius 2 is 2.11 bits per heavy atom. The third-order valence-corrected chi connectivity index (χ3v) is 2.90. The molecule has 4 nitrogen and oxygen atoms in total. The van der Waals surface area contributed by atoms with Crippen molar-refractivity contribution < 1.29 is 9.53 Å². The normalized spacial score (nSPS) is 13.8. The molecule has 100 valence electrons. The van der Waals surface area contributed by atoms with Crippen LogP contribution in [0.3, 0.4) is 0 Å². The molecule has 0 aliphatic carbocycles. The van der Waals surface area contributed by atoms with Crippen molar-refractivity contribution in [1.82, 2.24) is 5.32 Å². The Bertz CT molecular complexity index is 393. The van der Waals surface area contributed by atoms with Crippen LogP contribution >= 0.6 is 0 Å². The average Bonchev–Trinajstić information content (AvgIpc) is 2.39. The Kier molecular flexibility index (Phi) is 5.65. The molecule has 0 heterocycles. The van der Waals surface area contributed by atoms with E-state index in [2.05, 4.69) is 12.2 Å². The number of para-hydroxylation sites is 1. The van der Waals surface area contributed by atoms with Crippen molar-refractivity contribution in [2.75, 3.05) is 7.05 Å². The average molecular weight is 250 g/mol. The molecule has 2 unspecified atom stereocenters. The molecule has 0 aliphatic rings. The maximum absolute atomic E-state index is 11.4. The second kappa shape index (κ2) is 7.01. The van der Waals surface area contributed by atoms with Gasteiger partial charge in [-0.1, -0.05) is 25.1 Å². The maximum Gasteiger partial charge on any atom is 0.260 e. The Morgan fingerprint density at radius 3 is 2.72 bits per heavy atom. The lowest BCUT2D eigenvalue weighted by molar-refractivity contribution is -0.126. The van der Waals surface area contributed by atoms with E-state index in [0.29, 0.717) is 0 Å². The molecular weight excluding hydrogens is 228 g/mol. The zero-order chi connectivity index (χ0) is 13.5. The van der Waals surface area contributed by atoms with Crippen LogP contribution in [-0.2, 0) is 11.2 Å². The quantitative estimate of drug-likeness (QED) is 0.803. The molecule has 0 spiro atoms. The summed E-state index contributed by atoms with van der Waals surface area (Å²) in [5, 5.41) is 2.57. The summed E-state index contributed by atoms with van der Waals surface area (Å²) < 4.78 is 5.68. The van der Waals surface area contributed by atoms with Crippen molar-refractivity contribution in [3.63, 3.8) is 0 Å². The van der Waals surface area contributed by atoms with Crippen LogP contribution < -0.4 is 15.8 Å². The predicted octanol–water partition coefficient (Wildman–Crippen LogP) is 1.48. The summed E-state index contributed by atoms with van der Waals surface area (Å²) in [4.78, 5) is 11.4. The SMILES string of the molecule is CCC(N)Cc1ccccc1OC(C)C(=O)NC. The van der Waals surface area contributed by atoms with E-state index in [-0.39, 0.29) is 11.9 Å². The van der Waals surface area contributed by atoms with Crippen molar-refractivity contribution >= 4 is 5.91 Å². The van der Waals surface area contributed by atoms with Crippen LogP contribution in [-0.4, -0.2) is 25.1 Å². The lowest BCUT2D eigenvalue weighted by atomic mass is 10.0. The van der Waals surface area contributed by atoms with Gasteiger partial charge in [-0.2, -0.15) is 0 Å². The van der Waals surface area contributed by atoms with Gasteiger partial charge in [0.15, 0.2) is 6.10 Å². The summed E-state index contributed by atoms with van der Waals surface area (Å²) in [5.74, 6) is 0.599. The molecule has 18 heavy (non-hydrogen) atoms. The van der Waals surface area contributed by atoms with E-state index in [0.717, 1.165) is 24.2 Å². The predicted molar refractivity (Wildman–Crippen MR) is 72.6 cm³/mol. The fraction of sp³-hybridized carbons (Fsp3) is 0.500. The van der Waals surface area contributed by atoms with E-state index in [1.54, 1.807) is 14.0 Å². The second-order valence-corrected chi connectivity index (χ2v) is 4.35. The van der Waals surface area contributed by atoms with E-state index >= 15 is 0 Å². The molecule has 0 saturated carbocycles. The van der Waals surface area contributed by atoms with E-state index in [9.17, 15) is 4.79 Å². The van der Waals surface area contributed by atoms with Crippen molar-refractivity contribution in [3.05, 3.63) is 29.8 Å². The highest BCUT2D eigenvalue weighted by molar-refractivity contribution is 5.80. The first kappa shape index (κ1) is 14.5. The minimum absolute atomic E-state index is 0.116. The fourth-order valence-corrected chi connectivity index (χ4v) is 1.66. The minimum atomic E-state index is -0.506. The third-order valence-electron chi connectivity index (χ3n) is 2.90. The second-order valence-electron chi connectivity index (χ2n) is 4.35. The zero-order valence-electron chi connectivity index (χ0n) is 11.3. The molecule has 1 amide bonds. The lowest BCUT2D eigenvalue weighted by Gasteiger charge is -2.17. The van der Waals surface area contributed by atoms with Gasteiger partial charge >= 0.3 is 0 Å². The first-order chi connectivity index (χ1) is 8.58. The highest BCUT2D eigenvalue weighted by atomic mass is 16.5. The number of benzene rings is 1. The van der Waals surface area contributed by atoms with E-state index < -0.39 is 6.10 Å². The van der Waals surface area contributed by atoms with Gasteiger partial charge in [0.1, 0.15) is 5.75 Å². The summed E-state index contributed by atoms with van der Waals surface area (Å²) in [7, 11) is 1.60. The molecule has 1 rings (SSSR count). The lowest BCUT2D eigenvalue weighted by Crippen LogP contribution is -2.34. The van der Waals surface area contributed by atoms with Gasteiger partial charge in [-0.05, 0) is 31.4 Å². The molecule has 0 aromatic heterocycles. The number of nitrogens with two attached hydrogens (primary N) is 1. The monoisotopic (exact) mass is 250 g/mol. The number of rotatable bonds is 6. The van der Waals surface area contributed by atoms with Gasteiger partial charge in [0.2, 0.25) is 0 Å². The summed E-state index contributed by atoms with van der Waals surface area (Å²) in [5.41, 5.74) is 7.00. The van der Waals surface area contributed by atoms with Crippen LogP contribution in [0.4, 0.5) is 0 Å². The smallest absolute Gasteiger partial charge is 0.260 e. The van der Waals surface area contributed by atoms with Crippen LogP contribution in [0, 0.1) is 0 Å². The number of nitrogens with one attached hydrogen (secondary N) is 1. The summed E-state index contributed by atoms with van der Waals surface area (Å²) in [6.07, 6.45) is 1.17. The number of amides is 1. The first-order valence-electron chi connectivity index (χ1n) is 6.30. The number of ether oxygens (including phenoxy) is 1. The molecule has 1 aromatic carbocycles. The van der Waals surface area contributed by atoms with Crippen LogP contribution in [0.25, 0.3) is 0 Å². The number of carbonyl (C=O) groups excluding carboxylic acids is 1. The zero-order valence-corrected chi connectivity index (χ0v) is 11.3. The third kappa shape index (κ3) is 4.04. The Hall–Kier alpha value is -1.55. The van der Waals surface area contributed by atoms with Gasteiger partial charge in [-0.3, -0.25) is 4.79 Å². The molecule has 3 N–H and O–H groups in total.